The lowest BCUT2D eigenvalue weighted by Gasteiger charge is -2.41. The Balaban J connectivity index is 2.10. The number of piperidine rings is 1. The molecule has 1 fully saturated rings. The number of likely N-dealkylation sites (tertiary alicyclic amines) is 1. The molecule has 1 aromatic rings. The molecule has 0 saturated carbocycles. The van der Waals surface area contributed by atoms with Gasteiger partial charge in [-0.15, -0.1) is 0 Å². The van der Waals surface area contributed by atoms with Gasteiger partial charge in [0.15, 0.2) is 0 Å². The zero-order chi connectivity index (χ0) is 13.7. The molecule has 1 saturated heterocycles. The van der Waals surface area contributed by atoms with Crippen LogP contribution in [0.2, 0.25) is 0 Å². The van der Waals surface area contributed by atoms with Gasteiger partial charge in [-0.3, -0.25) is 0 Å². The Labute approximate surface area is 118 Å². The summed E-state index contributed by atoms with van der Waals surface area (Å²) in [7, 11) is 0. The van der Waals surface area contributed by atoms with Crippen LogP contribution in [0.4, 0.5) is 0 Å². The van der Waals surface area contributed by atoms with E-state index in [4.69, 9.17) is 5.73 Å². The fourth-order valence-corrected chi connectivity index (χ4v) is 3.23. The second-order valence-electron chi connectivity index (χ2n) is 5.88. The summed E-state index contributed by atoms with van der Waals surface area (Å²) in [6, 6.07) is 9.15. The molecule has 2 N–H and O–H groups in total. The van der Waals surface area contributed by atoms with Gasteiger partial charge in [-0.05, 0) is 56.4 Å². The highest BCUT2D eigenvalue weighted by Gasteiger charge is 2.34. The molecule has 1 aromatic carbocycles. The molecule has 0 radical (unpaired) electrons. The molecule has 106 valence electrons. The fraction of sp³-hybridized carbons (Fsp3) is 0.647. The zero-order valence-corrected chi connectivity index (χ0v) is 12.5. The Morgan fingerprint density at radius 1 is 1.11 bits per heavy atom. The molecule has 1 aliphatic heterocycles. The number of hydrogen-bond acceptors (Lipinski definition) is 2. The summed E-state index contributed by atoms with van der Waals surface area (Å²) in [5.74, 6) is 0. The first kappa shape index (κ1) is 14.5. The summed E-state index contributed by atoms with van der Waals surface area (Å²) in [6.45, 7) is 8.86. The molecule has 0 bridgehead atoms. The van der Waals surface area contributed by atoms with Gasteiger partial charge in [0.2, 0.25) is 0 Å². The van der Waals surface area contributed by atoms with Crippen molar-refractivity contribution in [3.05, 3.63) is 35.4 Å². The average Bonchev–Trinajstić information content (AvgIpc) is 2.49. The van der Waals surface area contributed by atoms with Gasteiger partial charge in [0, 0.05) is 12.0 Å². The Kier molecular flexibility index (Phi) is 5.00. The largest absolute Gasteiger partial charge is 0.330 e. The van der Waals surface area contributed by atoms with Crippen molar-refractivity contribution < 1.29 is 0 Å². The lowest BCUT2D eigenvalue weighted by molar-refractivity contribution is 0.162. The Hall–Kier alpha value is -0.860. The molecule has 0 atom stereocenters. The van der Waals surface area contributed by atoms with Crippen LogP contribution in [0.25, 0.3) is 0 Å². The second-order valence-corrected chi connectivity index (χ2v) is 5.88. The van der Waals surface area contributed by atoms with E-state index in [9.17, 15) is 0 Å². The first-order valence-corrected chi connectivity index (χ1v) is 7.76. The molecule has 2 rings (SSSR count). The topological polar surface area (TPSA) is 29.3 Å². The molecular weight excluding hydrogens is 232 g/mol. The maximum absolute atomic E-state index is 6.14. The lowest BCUT2D eigenvalue weighted by atomic mass is 9.72. The SMILES string of the molecule is CCCN1CCC(CN)(c2ccc(CC)cc2)CC1. The maximum atomic E-state index is 6.14. The highest BCUT2D eigenvalue weighted by Crippen LogP contribution is 2.34. The minimum absolute atomic E-state index is 0.219. The molecular formula is C17H28N2. The first-order valence-electron chi connectivity index (χ1n) is 7.76. The van der Waals surface area contributed by atoms with E-state index in [1.54, 1.807) is 0 Å². The molecule has 19 heavy (non-hydrogen) atoms. The third-order valence-corrected chi connectivity index (χ3v) is 4.72. The minimum Gasteiger partial charge on any atom is -0.330 e. The third-order valence-electron chi connectivity index (χ3n) is 4.72. The van der Waals surface area contributed by atoms with Crippen LogP contribution in [0.3, 0.4) is 0 Å². The van der Waals surface area contributed by atoms with Gasteiger partial charge in [0.05, 0.1) is 0 Å². The standard InChI is InChI=1S/C17H28N2/c1-3-11-19-12-9-17(14-18,10-13-19)16-7-5-15(4-2)6-8-16/h5-8H,3-4,9-14,18H2,1-2H3. The van der Waals surface area contributed by atoms with Gasteiger partial charge >= 0.3 is 0 Å². The Morgan fingerprint density at radius 2 is 1.74 bits per heavy atom. The zero-order valence-electron chi connectivity index (χ0n) is 12.5. The van der Waals surface area contributed by atoms with Crippen LogP contribution >= 0.6 is 0 Å². The van der Waals surface area contributed by atoms with Gasteiger partial charge in [0.1, 0.15) is 0 Å². The molecule has 0 aromatic heterocycles. The van der Waals surface area contributed by atoms with E-state index in [0.717, 1.165) is 13.0 Å². The highest BCUT2D eigenvalue weighted by atomic mass is 15.1. The van der Waals surface area contributed by atoms with Gasteiger partial charge in [-0.1, -0.05) is 38.1 Å². The fourth-order valence-electron chi connectivity index (χ4n) is 3.23. The van der Waals surface area contributed by atoms with Crippen molar-refractivity contribution in [2.75, 3.05) is 26.2 Å². The number of rotatable bonds is 5. The van der Waals surface area contributed by atoms with E-state index in [-0.39, 0.29) is 5.41 Å². The van der Waals surface area contributed by atoms with Crippen molar-refractivity contribution in [2.45, 2.75) is 44.9 Å². The van der Waals surface area contributed by atoms with Crippen LogP contribution < -0.4 is 5.73 Å². The van der Waals surface area contributed by atoms with Crippen LogP contribution in [0.15, 0.2) is 24.3 Å². The van der Waals surface area contributed by atoms with Gasteiger partial charge in [0.25, 0.3) is 0 Å². The Bertz CT molecular complexity index is 375. The summed E-state index contributed by atoms with van der Waals surface area (Å²) < 4.78 is 0. The molecule has 0 unspecified atom stereocenters. The van der Waals surface area contributed by atoms with E-state index in [2.05, 4.69) is 43.0 Å². The molecule has 0 amide bonds. The van der Waals surface area contributed by atoms with Gasteiger partial charge in [-0.2, -0.15) is 0 Å². The van der Waals surface area contributed by atoms with Crippen LogP contribution in [-0.2, 0) is 11.8 Å². The summed E-state index contributed by atoms with van der Waals surface area (Å²) in [4.78, 5) is 2.58. The maximum Gasteiger partial charge on any atom is 0.00998 e. The molecule has 0 aliphatic carbocycles. The lowest BCUT2D eigenvalue weighted by Crippen LogP contribution is -2.46. The highest BCUT2D eigenvalue weighted by molar-refractivity contribution is 5.30. The normalized spacial score (nSPS) is 19.5. The van der Waals surface area contributed by atoms with Crippen LogP contribution in [-0.4, -0.2) is 31.1 Å². The van der Waals surface area contributed by atoms with Crippen LogP contribution in [0, 0.1) is 0 Å². The minimum atomic E-state index is 0.219. The van der Waals surface area contributed by atoms with Crippen molar-refractivity contribution in [1.82, 2.24) is 4.90 Å². The molecule has 1 aliphatic rings. The summed E-state index contributed by atoms with van der Waals surface area (Å²) in [5, 5.41) is 0. The number of benzene rings is 1. The van der Waals surface area contributed by atoms with Crippen molar-refractivity contribution >= 4 is 0 Å². The number of hydrogen-bond donors (Lipinski definition) is 1. The number of nitrogens with zero attached hydrogens (tertiary/aromatic N) is 1. The number of nitrogens with two attached hydrogens (primary N) is 1. The predicted molar refractivity (Wildman–Crippen MR) is 82.5 cm³/mol. The monoisotopic (exact) mass is 260 g/mol. The molecule has 2 heteroatoms. The second kappa shape index (κ2) is 6.53. The van der Waals surface area contributed by atoms with E-state index in [0.29, 0.717) is 0 Å². The predicted octanol–water partition coefficient (Wildman–Crippen LogP) is 2.95. The Morgan fingerprint density at radius 3 is 2.21 bits per heavy atom. The van der Waals surface area contributed by atoms with E-state index in [1.807, 2.05) is 0 Å². The van der Waals surface area contributed by atoms with E-state index >= 15 is 0 Å². The summed E-state index contributed by atoms with van der Waals surface area (Å²) in [6.07, 6.45) is 4.77. The van der Waals surface area contributed by atoms with Crippen molar-refractivity contribution in [3.8, 4) is 0 Å². The average molecular weight is 260 g/mol. The number of aryl methyl sites for hydroxylation is 1. The molecule has 0 spiro atoms. The quantitative estimate of drug-likeness (QED) is 0.882. The summed E-state index contributed by atoms with van der Waals surface area (Å²) >= 11 is 0. The van der Waals surface area contributed by atoms with Crippen molar-refractivity contribution in [2.24, 2.45) is 5.73 Å². The summed E-state index contributed by atoms with van der Waals surface area (Å²) in [5.41, 5.74) is 9.22. The van der Waals surface area contributed by atoms with Crippen LogP contribution in [0.1, 0.15) is 44.2 Å². The third kappa shape index (κ3) is 3.18. The van der Waals surface area contributed by atoms with Crippen molar-refractivity contribution in [3.63, 3.8) is 0 Å². The molecule has 1 heterocycles. The van der Waals surface area contributed by atoms with E-state index < -0.39 is 0 Å². The van der Waals surface area contributed by atoms with Crippen LogP contribution in [0.5, 0.6) is 0 Å². The first-order chi connectivity index (χ1) is 9.24. The molecule has 2 nitrogen and oxygen atoms in total. The van der Waals surface area contributed by atoms with E-state index in [1.165, 1.54) is 50.0 Å². The van der Waals surface area contributed by atoms with Gasteiger partial charge < -0.3 is 10.6 Å². The smallest absolute Gasteiger partial charge is 0.00998 e. The van der Waals surface area contributed by atoms with Crippen molar-refractivity contribution in [1.29, 1.82) is 0 Å². The van der Waals surface area contributed by atoms with Gasteiger partial charge in [-0.25, -0.2) is 0 Å².